The van der Waals surface area contributed by atoms with E-state index < -0.39 is 0 Å². The zero-order chi connectivity index (χ0) is 16.6. The molecule has 0 amide bonds. The highest BCUT2D eigenvalue weighted by atomic mass is 19.1. The highest BCUT2D eigenvalue weighted by Crippen LogP contribution is 2.22. The zero-order valence-corrected chi connectivity index (χ0v) is 14.4. The lowest BCUT2D eigenvalue weighted by Gasteiger charge is -2.27. The van der Waals surface area contributed by atoms with Gasteiger partial charge in [-0.1, -0.05) is 32.9 Å². The highest BCUT2D eigenvalue weighted by Gasteiger charge is 2.21. The van der Waals surface area contributed by atoms with Crippen molar-refractivity contribution < 1.29 is 4.39 Å². The third kappa shape index (κ3) is 6.02. The first kappa shape index (κ1) is 18.4. The standard InChI is InChI=1S/C17H29FN4/c1-6-22(5)11-10-20-16(19-4)21-13-17(2,3)14-8-7-9-15(18)12-14/h7-9,12H,6,10-11,13H2,1-5H3,(H2,19,20,21). The minimum Gasteiger partial charge on any atom is -0.356 e. The number of halogens is 1. The second kappa shape index (κ2) is 8.73. The minimum absolute atomic E-state index is 0.181. The molecule has 0 radical (unpaired) electrons. The molecule has 1 rings (SSSR count). The van der Waals surface area contributed by atoms with Gasteiger partial charge < -0.3 is 15.5 Å². The Morgan fingerprint density at radius 2 is 2.05 bits per heavy atom. The van der Waals surface area contributed by atoms with E-state index in [4.69, 9.17) is 0 Å². The molecule has 0 aliphatic rings. The molecule has 1 aromatic rings. The van der Waals surface area contributed by atoms with Crippen LogP contribution in [0.2, 0.25) is 0 Å². The van der Waals surface area contributed by atoms with Gasteiger partial charge in [-0.05, 0) is 31.3 Å². The summed E-state index contributed by atoms with van der Waals surface area (Å²) in [7, 11) is 3.85. The predicted octanol–water partition coefficient (Wildman–Crippen LogP) is 2.22. The van der Waals surface area contributed by atoms with E-state index in [1.807, 2.05) is 6.07 Å². The Labute approximate surface area is 133 Å². The molecule has 0 aliphatic heterocycles. The fourth-order valence-electron chi connectivity index (χ4n) is 2.06. The summed E-state index contributed by atoms with van der Waals surface area (Å²) in [5.74, 6) is 0.574. The number of benzene rings is 1. The minimum atomic E-state index is -0.198. The van der Waals surface area contributed by atoms with Crippen molar-refractivity contribution in [3.8, 4) is 0 Å². The summed E-state index contributed by atoms with van der Waals surface area (Å²) in [6, 6.07) is 6.77. The predicted molar refractivity (Wildman–Crippen MR) is 92.0 cm³/mol. The molecular weight excluding hydrogens is 279 g/mol. The molecular formula is C17H29FN4. The van der Waals surface area contributed by atoms with Gasteiger partial charge in [-0.15, -0.1) is 0 Å². The lowest BCUT2D eigenvalue weighted by atomic mass is 9.84. The van der Waals surface area contributed by atoms with E-state index in [0.29, 0.717) is 6.54 Å². The van der Waals surface area contributed by atoms with Crippen molar-refractivity contribution >= 4 is 5.96 Å². The molecule has 1 aromatic carbocycles. The average molecular weight is 308 g/mol. The van der Waals surface area contributed by atoms with Gasteiger partial charge in [0.25, 0.3) is 0 Å². The number of guanidine groups is 1. The zero-order valence-electron chi connectivity index (χ0n) is 14.4. The van der Waals surface area contributed by atoms with Crippen LogP contribution in [0.4, 0.5) is 4.39 Å². The van der Waals surface area contributed by atoms with Crippen LogP contribution in [0.15, 0.2) is 29.3 Å². The van der Waals surface area contributed by atoms with Gasteiger partial charge in [0.2, 0.25) is 0 Å². The molecule has 0 heterocycles. The summed E-state index contributed by atoms with van der Waals surface area (Å²) >= 11 is 0. The summed E-state index contributed by atoms with van der Waals surface area (Å²) in [5.41, 5.74) is 0.793. The number of rotatable bonds is 7. The third-order valence-electron chi connectivity index (χ3n) is 3.85. The number of nitrogens with one attached hydrogen (secondary N) is 2. The monoisotopic (exact) mass is 308 g/mol. The van der Waals surface area contributed by atoms with Crippen molar-refractivity contribution in [2.75, 3.05) is 40.3 Å². The molecule has 4 nitrogen and oxygen atoms in total. The molecule has 0 saturated carbocycles. The van der Waals surface area contributed by atoms with Crippen LogP contribution in [-0.2, 0) is 5.41 Å². The molecule has 22 heavy (non-hydrogen) atoms. The Morgan fingerprint density at radius 3 is 2.64 bits per heavy atom. The highest BCUT2D eigenvalue weighted by molar-refractivity contribution is 5.79. The molecule has 0 aromatic heterocycles. The van der Waals surface area contributed by atoms with Gasteiger partial charge in [-0.2, -0.15) is 0 Å². The van der Waals surface area contributed by atoms with Crippen LogP contribution in [0.25, 0.3) is 0 Å². The largest absolute Gasteiger partial charge is 0.356 e. The second-order valence-corrected chi connectivity index (χ2v) is 6.14. The normalized spacial score (nSPS) is 12.6. The molecule has 0 unspecified atom stereocenters. The van der Waals surface area contributed by atoms with E-state index in [9.17, 15) is 4.39 Å². The summed E-state index contributed by atoms with van der Waals surface area (Å²) in [6.07, 6.45) is 0. The number of nitrogens with zero attached hydrogens (tertiary/aromatic N) is 2. The maximum absolute atomic E-state index is 13.4. The molecule has 0 bridgehead atoms. The van der Waals surface area contributed by atoms with Crippen LogP contribution in [0.5, 0.6) is 0 Å². The summed E-state index contributed by atoms with van der Waals surface area (Å²) in [6.45, 7) is 9.82. The molecule has 0 saturated heterocycles. The first-order chi connectivity index (χ1) is 10.4. The van der Waals surface area contributed by atoms with Crippen LogP contribution in [-0.4, -0.2) is 51.1 Å². The van der Waals surface area contributed by atoms with E-state index in [-0.39, 0.29) is 11.2 Å². The van der Waals surface area contributed by atoms with E-state index in [0.717, 1.165) is 31.2 Å². The maximum atomic E-state index is 13.4. The van der Waals surface area contributed by atoms with Crippen molar-refractivity contribution in [2.45, 2.75) is 26.2 Å². The Morgan fingerprint density at radius 1 is 1.32 bits per heavy atom. The average Bonchev–Trinajstić information content (AvgIpc) is 2.50. The van der Waals surface area contributed by atoms with Crippen molar-refractivity contribution in [1.29, 1.82) is 0 Å². The summed E-state index contributed by atoms with van der Waals surface area (Å²) < 4.78 is 13.4. The van der Waals surface area contributed by atoms with Crippen LogP contribution < -0.4 is 10.6 Å². The van der Waals surface area contributed by atoms with E-state index >= 15 is 0 Å². The van der Waals surface area contributed by atoms with Gasteiger partial charge in [0.05, 0.1) is 0 Å². The fourth-order valence-corrected chi connectivity index (χ4v) is 2.06. The fraction of sp³-hybridized carbons (Fsp3) is 0.588. The maximum Gasteiger partial charge on any atom is 0.191 e. The van der Waals surface area contributed by atoms with Gasteiger partial charge >= 0.3 is 0 Å². The third-order valence-corrected chi connectivity index (χ3v) is 3.85. The van der Waals surface area contributed by atoms with Crippen LogP contribution >= 0.6 is 0 Å². The van der Waals surface area contributed by atoms with Crippen LogP contribution in [0, 0.1) is 5.82 Å². The molecule has 0 aliphatic carbocycles. The van der Waals surface area contributed by atoms with Gasteiger partial charge in [0.1, 0.15) is 5.82 Å². The van der Waals surface area contributed by atoms with E-state index in [1.165, 1.54) is 6.07 Å². The Kier molecular flexibility index (Phi) is 7.32. The van der Waals surface area contributed by atoms with Gasteiger partial charge in [0.15, 0.2) is 5.96 Å². The van der Waals surface area contributed by atoms with Crippen molar-refractivity contribution in [1.82, 2.24) is 15.5 Å². The number of hydrogen-bond donors (Lipinski definition) is 2. The topological polar surface area (TPSA) is 39.7 Å². The lowest BCUT2D eigenvalue weighted by molar-refractivity contribution is 0.357. The Hall–Kier alpha value is -1.62. The lowest BCUT2D eigenvalue weighted by Crippen LogP contribution is -2.45. The van der Waals surface area contributed by atoms with Gasteiger partial charge in [0, 0.05) is 32.1 Å². The Balaban J connectivity index is 2.51. The van der Waals surface area contributed by atoms with Crippen LogP contribution in [0.3, 0.4) is 0 Å². The number of likely N-dealkylation sites (N-methyl/N-ethyl adjacent to an activating group) is 1. The molecule has 0 fully saturated rings. The van der Waals surface area contributed by atoms with E-state index in [1.54, 1.807) is 19.2 Å². The first-order valence-corrected chi connectivity index (χ1v) is 7.78. The van der Waals surface area contributed by atoms with Crippen molar-refractivity contribution in [3.05, 3.63) is 35.6 Å². The van der Waals surface area contributed by atoms with Crippen LogP contribution in [0.1, 0.15) is 26.3 Å². The first-order valence-electron chi connectivity index (χ1n) is 7.78. The summed E-state index contributed by atoms with van der Waals surface area (Å²) in [4.78, 5) is 6.46. The quantitative estimate of drug-likeness (QED) is 0.599. The molecule has 124 valence electrons. The SMILES string of the molecule is CCN(C)CCNC(=NC)NCC(C)(C)c1cccc(F)c1. The Bertz CT molecular complexity index is 485. The molecule has 0 atom stereocenters. The van der Waals surface area contributed by atoms with Crippen molar-refractivity contribution in [3.63, 3.8) is 0 Å². The molecule has 2 N–H and O–H groups in total. The number of hydrogen-bond acceptors (Lipinski definition) is 2. The van der Waals surface area contributed by atoms with E-state index in [2.05, 4.69) is 48.3 Å². The van der Waals surface area contributed by atoms with Crippen molar-refractivity contribution in [2.24, 2.45) is 4.99 Å². The number of aliphatic imine (C=N–C) groups is 1. The molecule has 5 heteroatoms. The second-order valence-electron chi connectivity index (χ2n) is 6.14. The van der Waals surface area contributed by atoms with Gasteiger partial charge in [-0.25, -0.2) is 4.39 Å². The van der Waals surface area contributed by atoms with Gasteiger partial charge in [-0.3, -0.25) is 4.99 Å². The smallest absolute Gasteiger partial charge is 0.191 e. The summed E-state index contributed by atoms with van der Waals surface area (Å²) in [5, 5.41) is 6.61. The molecule has 0 spiro atoms.